The maximum atomic E-state index is 11.6. The van der Waals surface area contributed by atoms with Crippen molar-refractivity contribution in [1.29, 1.82) is 0 Å². The second-order valence-electron chi connectivity index (χ2n) is 3.01. The molecule has 3 amide bonds. The minimum atomic E-state index is -0.618. The van der Waals surface area contributed by atoms with Crippen molar-refractivity contribution in [2.75, 3.05) is 18.8 Å². The molecule has 0 atom stereocenters. The van der Waals surface area contributed by atoms with Crippen LogP contribution in [-0.2, 0) is 0 Å². The first kappa shape index (κ1) is 12.2. The topological polar surface area (TPSA) is 123 Å². The molecule has 0 fully saturated rings. The summed E-state index contributed by atoms with van der Waals surface area (Å²) in [6.45, 7) is 2.30. The van der Waals surface area contributed by atoms with Crippen molar-refractivity contribution in [3.05, 3.63) is 10.6 Å². The van der Waals surface area contributed by atoms with E-state index in [0.717, 1.165) is 11.3 Å². The lowest BCUT2D eigenvalue weighted by atomic mass is 10.4. The van der Waals surface area contributed by atoms with Gasteiger partial charge in [0.15, 0.2) is 5.13 Å². The Morgan fingerprint density at radius 3 is 2.50 bits per heavy atom. The Bertz CT molecular complexity index is 403. The number of aryl methyl sites for hydroxylation is 1. The van der Waals surface area contributed by atoms with Gasteiger partial charge in [-0.15, -0.1) is 0 Å². The van der Waals surface area contributed by atoms with Gasteiger partial charge in [0.1, 0.15) is 4.88 Å². The molecule has 0 saturated carbocycles. The number of anilines is 1. The Kier molecular flexibility index (Phi) is 4.06. The van der Waals surface area contributed by atoms with E-state index >= 15 is 0 Å². The van der Waals surface area contributed by atoms with Crippen LogP contribution in [0.5, 0.6) is 0 Å². The molecule has 0 aromatic carbocycles. The highest BCUT2D eigenvalue weighted by molar-refractivity contribution is 7.17. The maximum absolute atomic E-state index is 11.6. The summed E-state index contributed by atoms with van der Waals surface area (Å²) in [5, 5.41) is 5.33. The van der Waals surface area contributed by atoms with Crippen LogP contribution in [0.1, 0.15) is 15.4 Å². The van der Waals surface area contributed by atoms with Gasteiger partial charge in [-0.05, 0) is 6.92 Å². The van der Waals surface area contributed by atoms with Gasteiger partial charge in [0.2, 0.25) is 0 Å². The van der Waals surface area contributed by atoms with E-state index in [9.17, 15) is 9.59 Å². The highest BCUT2D eigenvalue weighted by Crippen LogP contribution is 2.18. The van der Waals surface area contributed by atoms with Crippen LogP contribution in [0.15, 0.2) is 0 Å². The average Bonchev–Trinajstić information content (AvgIpc) is 2.52. The van der Waals surface area contributed by atoms with Crippen LogP contribution in [0.25, 0.3) is 0 Å². The molecule has 1 aromatic rings. The number of carbonyl (C=O) groups excluding carboxylic acids is 2. The van der Waals surface area contributed by atoms with Gasteiger partial charge in [0.05, 0.1) is 5.69 Å². The van der Waals surface area contributed by atoms with Crippen molar-refractivity contribution in [3.63, 3.8) is 0 Å². The standard InChI is InChI=1S/C8H13N5O2S/c1-4-5(16-8(10)13-4)6(14)11-2-3-12-7(9)15/h2-3H2,1H3,(H2,10,13)(H,11,14)(H3,9,12,15). The van der Waals surface area contributed by atoms with Crippen molar-refractivity contribution < 1.29 is 9.59 Å². The first-order chi connectivity index (χ1) is 7.50. The third-order valence-electron chi connectivity index (χ3n) is 1.73. The molecule has 0 radical (unpaired) electrons. The lowest BCUT2D eigenvalue weighted by molar-refractivity contribution is 0.0957. The van der Waals surface area contributed by atoms with Crippen LogP contribution in [0, 0.1) is 6.92 Å². The molecule has 1 aromatic heterocycles. The minimum Gasteiger partial charge on any atom is -0.375 e. The van der Waals surface area contributed by atoms with Crippen LogP contribution < -0.4 is 22.1 Å². The molecule has 0 aliphatic heterocycles. The second kappa shape index (κ2) is 5.31. The van der Waals surface area contributed by atoms with Crippen LogP contribution in [-0.4, -0.2) is 30.0 Å². The Morgan fingerprint density at radius 1 is 1.38 bits per heavy atom. The fraction of sp³-hybridized carbons (Fsp3) is 0.375. The van der Waals surface area contributed by atoms with Gasteiger partial charge in [-0.25, -0.2) is 9.78 Å². The van der Waals surface area contributed by atoms with Gasteiger partial charge < -0.3 is 22.1 Å². The van der Waals surface area contributed by atoms with Gasteiger partial charge in [-0.3, -0.25) is 4.79 Å². The third-order valence-corrected chi connectivity index (χ3v) is 2.71. The fourth-order valence-electron chi connectivity index (χ4n) is 1.07. The smallest absolute Gasteiger partial charge is 0.312 e. The summed E-state index contributed by atoms with van der Waals surface area (Å²) < 4.78 is 0. The van der Waals surface area contributed by atoms with E-state index in [-0.39, 0.29) is 12.5 Å². The third kappa shape index (κ3) is 3.39. The van der Waals surface area contributed by atoms with E-state index in [1.807, 2.05) is 0 Å². The molecule has 8 heteroatoms. The highest BCUT2D eigenvalue weighted by atomic mass is 32.1. The predicted octanol–water partition coefficient (Wildman–Crippen LogP) is -0.568. The zero-order valence-corrected chi connectivity index (χ0v) is 9.56. The molecule has 16 heavy (non-hydrogen) atoms. The van der Waals surface area contributed by atoms with Crippen molar-refractivity contribution in [2.24, 2.45) is 5.73 Å². The summed E-state index contributed by atoms with van der Waals surface area (Å²) in [6, 6.07) is -0.618. The van der Waals surface area contributed by atoms with Crippen LogP contribution >= 0.6 is 11.3 Å². The minimum absolute atomic E-state index is 0.252. The number of hydrogen-bond donors (Lipinski definition) is 4. The molecule has 0 bridgehead atoms. The van der Waals surface area contributed by atoms with Gasteiger partial charge >= 0.3 is 6.03 Å². The van der Waals surface area contributed by atoms with Gasteiger partial charge in [0.25, 0.3) is 5.91 Å². The molecular formula is C8H13N5O2S. The van der Waals surface area contributed by atoms with Crippen molar-refractivity contribution >= 4 is 28.4 Å². The number of nitrogens with two attached hydrogens (primary N) is 2. The Hall–Kier alpha value is -1.83. The molecule has 0 aliphatic carbocycles. The normalized spacial score (nSPS) is 9.81. The number of nitrogen functional groups attached to an aromatic ring is 1. The Labute approximate surface area is 96.2 Å². The molecule has 0 unspecified atom stereocenters. The molecule has 0 spiro atoms. The number of carbonyl (C=O) groups is 2. The quantitative estimate of drug-likeness (QED) is 0.529. The predicted molar refractivity (Wildman–Crippen MR) is 61.2 cm³/mol. The number of nitrogens with zero attached hydrogens (tertiary/aromatic N) is 1. The van der Waals surface area contributed by atoms with Crippen LogP contribution in [0.2, 0.25) is 0 Å². The Balaban J connectivity index is 2.41. The second-order valence-corrected chi connectivity index (χ2v) is 4.04. The number of urea groups is 1. The molecule has 6 N–H and O–H groups in total. The summed E-state index contributed by atoms with van der Waals surface area (Å²) in [4.78, 5) is 26.3. The highest BCUT2D eigenvalue weighted by Gasteiger charge is 2.13. The molecule has 1 rings (SSSR count). The molecular weight excluding hydrogens is 230 g/mol. The van der Waals surface area contributed by atoms with E-state index < -0.39 is 6.03 Å². The average molecular weight is 243 g/mol. The zero-order valence-electron chi connectivity index (χ0n) is 8.74. The van der Waals surface area contributed by atoms with E-state index in [1.165, 1.54) is 0 Å². The maximum Gasteiger partial charge on any atom is 0.312 e. The number of primary amides is 1. The van der Waals surface area contributed by atoms with E-state index in [0.29, 0.717) is 22.2 Å². The fourth-order valence-corrected chi connectivity index (χ4v) is 1.82. The SMILES string of the molecule is Cc1nc(N)sc1C(=O)NCCNC(N)=O. The molecule has 88 valence electrons. The van der Waals surface area contributed by atoms with Crippen molar-refractivity contribution in [2.45, 2.75) is 6.92 Å². The van der Waals surface area contributed by atoms with Gasteiger partial charge in [-0.2, -0.15) is 0 Å². The molecule has 1 heterocycles. The van der Waals surface area contributed by atoms with E-state index in [2.05, 4.69) is 15.6 Å². The monoisotopic (exact) mass is 243 g/mol. The number of nitrogens with one attached hydrogen (secondary N) is 2. The van der Waals surface area contributed by atoms with Crippen molar-refractivity contribution in [1.82, 2.24) is 15.6 Å². The van der Waals surface area contributed by atoms with Crippen molar-refractivity contribution in [3.8, 4) is 0 Å². The summed E-state index contributed by atoms with van der Waals surface area (Å²) >= 11 is 1.13. The first-order valence-electron chi connectivity index (χ1n) is 4.55. The summed E-state index contributed by atoms with van der Waals surface area (Å²) in [5.74, 6) is -0.252. The first-order valence-corrected chi connectivity index (χ1v) is 5.36. The van der Waals surface area contributed by atoms with Crippen LogP contribution in [0.3, 0.4) is 0 Å². The van der Waals surface area contributed by atoms with E-state index in [1.54, 1.807) is 6.92 Å². The van der Waals surface area contributed by atoms with Crippen LogP contribution in [0.4, 0.5) is 9.93 Å². The Morgan fingerprint density at radius 2 is 2.00 bits per heavy atom. The number of hydrogen-bond acceptors (Lipinski definition) is 5. The van der Waals surface area contributed by atoms with Gasteiger partial charge in [-0.1, -0.05) is 11.3 Å². The number of rotatable bonds is 4. The zero-order chi connectivity index (χ0) is 12.1. The summed E-state index contributed by atoms with van der Waals surface area (Å²) in [5.41, 5.74) is 10.9. The lowest BCUT2D eigenvalue weighted by Crippen LogP contribution is -2.37. The number of aromatic nitrogens is 1. The number of thiazole rings is 1. The largest absolute Gasteiger partial charge is 0.375 e. The lowest BCUT2D eigenvalue weighted by Gasteiger charge is -2.03. The van der Waals surface area contributed by atoms with Gasteiger partial charge in [0, 0.05) is 13.1 Å². The summed E-state index contributed by atoms with van der Waals surface area (Å²) in [6.07, 6.45) is 0. The molecule has 7 nitrogen and oxygen atoms in total. The van der Waals surface area contributed by atoms with E-state index in [4.69, 9.17) is 11.5 Å². The molecule has 0 aliphatic rings. The summed E-state index contributed by atoms with van der Waals surface area (Å²) in [7, 11) is 0. The molecule has 0 saturated heterocycles. The number of amides is 3.